The fourth-order valence-electron chi connectivity index (χ4n) is 3.68. The van der Waals surface area contributed by atoms with Crippen molar-refractivity contribution >= 4 is 24.2 Å². The topological polar surface area (TPSA) is 74.6 Å². The molecule has 0 aromatic carbocycles. The molecule has 3 heterocycles. The minimum atomic E-state index is -0.0781. The Kier molecular flexibility index (Phi) is 6.90. The number of halogens is 1. The van der Waals surface area contributed by atoms with Gasteiger partial charge in [0.25, 0.3) is 5.91 Å². The van der Waals surface area contributed by atoms with Gasteiger partial charge in [-0.15, -0.1) is 12.4 Å². The summed E-state index contributed by atoms with van der Waals surface area (Å²) in [6.45, 7) is 6.92. The number of aryl methyl sites for hydroxylation is 2. The van der Waals surface area contributed by atoms with Gasteiger partial charge in [-0.1, -0.05) is 0 Å². The van der Waals surface area contributed by atoms with Crippen LogP contribution < -0.4 is 10.6 Å². The van der Waals surface area contributed by atoms with E-state index in [0.29, 0.717) is 11.3 Å². The maximum absolute atomic E-state index is 12.5. The molecule has 1 unspecified atom stereocenters. The molecule has 0 saturated carbocycles. The lowest BCUT2D eigenvalue weighted by Crippen LogP contribution is -2.50. The molecule has 2 amide bonds. The van der Waals surface area contributed by atoms with Crippen LogP contribution in [-0.2, 0) is 4.79 Å². The fraction of sp³-hybridized carbons (Fsp3) is 0.667. The van der Waals surface area contributed by atoms with E-state index in [4.69, 9.17) is 4.42 Å². The molecule has 25 heavy (non-hydrogen) atoms. The number of nitrogens with zero attached hydrogens (tertiary/aromatic N) is 1. The van der Waals surface area contributed by atoms with E-state index in [9.17, 15) is 9.59 Å². The maximum Gasteiger partial charge on any atom is 0.255 e. The quantitative estimate of drug-likeness (QED) is 0.855. The molecule has 2 aliphatic rings. The predicted molar refractivity (Wildman–Crippen MR) is 98.1 cm³/mol. The second kappa shape index (κ2) is 8.72. The minimum absolute atomic E-state index is 0. The first kappa shape index (κ1) is 19.8. The molecule has 1 aromatic heterocycles. The highest BCUT2D eigenvalue weighted by Crippen LogP contribution is 2.19. The summed E-state index contributed by atoms with van der Waals surface area (Å²) < 4.78 is 5.42. The van der Waals surface area contributed by atoms with Crippen LogP contribution in [0.2, 0.25) is 0 Å². The van der Waals surface area contributed by atoms with E-state index in [2.05, 4.69) is 10.6 Å². The smallest absolute Gasteiger partial charge is 0.255 e. The molecule has 7 heteroatoms. The van der Waals surface area contributed by atoms with Crippen LogP contribution in [0.25, 0.3) is 0 Å². The van der Waals surface area contributed by atoms with Crippen molar-refractivity contribution < 1.29 is 14.0 Å². The van der Waals surface area contributed by atoms with Gasteiger partial charge in [0, 0.05) is 25.7 Å². The first-order valence-corrected chi connectivity index (χ1v) is 8.92. The molecule has 2 fully saturated rings. The third kappa shape index (κ3) is 4.76. The summed E-state index contributed by atoms with van der Waals surface area (Å²) in [6, 6.07) is 1.90. The molecular weight excluding hydrogens is 342 g/mol. The van der Waals surface area contributed by atoms with E-state index >= 15 is 0 Å². The number of furan rings is 1. The van der Waals surface area contributed by atoms with Crippen LogP contribution in [0.5, 0.6) is 0 Å². The first-order chi connectivity index (χ1) is 11.5. The van der Waals surface area contributed by atoms with E-state index < -0.39 is 0 Å². The Morgan fingerprint density at radius 3 is 2.52 bits per heavy atom. The van der Waals surface area contributed by atoms with Crippen molar-refractivity contribution in [1.29, 1.82) is 0 Å². The van der Waals surface area contributed by atoms with Gasteiger partial charge in [-0.25, -0.2) is 0 Å². The zero-order chi connectivity index (χ0) is 17.1. The molecule has 2 saturated heterocycles. The molecule has 3 rings (SSSR count). The number of hydrogen-bond acceptors (Lipinski definition) is 4. The van der Waals surface area contributed by atoms with Gasteiger partial charge in [0.2, 0.25) is 5.91 Å². The molecule has 140 valence electrons. The highest BCUT2D eigenvalue weighted by Gasteiger charge is 2.29. The van der Waals surface area contributed by atoms with Gasteiger partial charge >= 0.3 is 0 Å². The van der Waals surface area contributed by atoms with Crippen molar-refractivity contribution in [2.45, 2.75) is 45.6 Å². The van der Waals surface area contributed by atoms with Crippen LogP contribution in [0.4, 0.5) is 0 Å². The average Bonchev–Trinajstić information content (AvgIpc) is 2.94. The van der Waals surface area contributed by atoms with Crippen molar-refractivity contribution in [3.8, 4) is 0 Å². The minimum Gasteiger partial charge on any atom is -0.466 e. The van der Waals surface area contributed by atoms with Gasteiger partial charge in [0.05, 0.1) is 11.5 Å². The lowest BCUT2D eigenvalue weighted by Gasteiger charge is -2.35. The van der Waals surface area contributed by atoms with E-state index in [1.807, 2.05) is 11.8 Å². The molecule has 0 spiro atoms. The Morgan fingerprint density at radius 1 is 1.24 bits per heavy atom. The summed E-state index contributed by atoms with van der Waals surface area (Å²) in [5, 5.41) is 6.38. The summed E-state index contributed by atoms with van der Waals surface area (Å²) in [7, 11) is 0. The molecule has 2 aliphatic heterocycles. The lowest BCUT2D eigenvalue weighted by molar-refractivity contribution is -0.137. The monoisotopic (exact) mass is 369 g/mol. The van der Waals surface area contributed by atoms with Crippen LogP contribution in [0.1, 0.15) is 47.6 Å². The molecule has 2 N–H and O–H groups in total. The average molecular weight is 370 g/mol. The molecular formula is C18H28ClN3O3. The Bertz CT molecular complexity index is 603. The van der Waals surface area contributed by atoms with Crippen molar-refractivity contribution in [2.24, 2.45) is 5.92 Å². The Hall–Kier alpha value is -1.53. The van der Waals surface area contributed by atoms with Crippen LogP contribution >= 0.6 is 12.4 Å². The van der Waals surface area contributed by atoms with Gasteiger partial charge in [-0.2, -0.15) is 0 Å². The van der Waals surface area contributed by atoms with Gasteiger partial charge < -0.3 is 20.0 Å². The van der Waals surface area contributed by atoms with Crippen molar-refractivity contribution in [2.75, 3.05) is 26.2 Å². The summed E-state index contributed by atoms with van der Waals surface area (Å²) in [5.41, 5.74) is 0.610. The van der Waals surface area contributed by atoms with Crippen LogP contribution in [0.3, 0.4) is 0 Å². The van der Waals surface area contributed by atoms with E-state index in [1.54, 1.807) is 13.0 Å². The number of piperidine rings is 2. The first-order valence-electron chi connectivity index (χ1n) is 8.92. The number of likely N-dealkylation sites (tertiary alicyclic amines) is 1. The predicted octanol–water partition coefficient (Wildman–Crippen LogP) is 2.04. The Labute approximate surface area is 155 Å². The third-order valence-electron chi connectivity index (χ3n) is 5.07. The van der Waals surface area contributed by atoms with E-state index in [0.717, 1.165) is 57.6 Å². The SMILES string of the molecule is Cc1cc(C(=O)NC2CCN(C(=O)C3CCCNC3)CC2)c(C)o1.Cl. The van der Waals surface area contributed by atoms with Crippen molar-refractivity contribution in [1.82, 2.24) is 15.5 Å². The molecule has 1 aromatic rings. The van der Waals surface area contributed by atoms with Crippen molar-refractivity contribution in [3.05, 3.63) is 23.2 Å². The zero-order valence-electron chi connectivity index (χ0n) is 15.0. The molecule has 0 aliphatic carbocycles. The second-order valence-electron chi connectivity index (χ2n) is 6.94. The number of amides is 2. The summed E-state index contributed by atoms with van der Waals surface area (Å²) in [6.07, 6.45) is 3.69. The highest BCUT2D eigenvalue weighted by molar-refractivity contribution is 5.95. The Morgan fingerprint density at radius 2 is 1.96 bits per heavy atom. The fourth-order valence-corrected chi connectivity index (χ4v) is 3.68. The largest absolute Gasteiger partial charge is 0.466 e. The lowest BCUT2D eigenvalue weighted by atomic mass is 9.96. The Balaban J connectivity index is 0.00000225. The van der Waals surface area contributed by atoms with E-state index in [1.165, 1.54) is 0 Å². The standard InChI is InChI=1S/C18H27N3O3.ClH/c1-12-10-16(13(2)24-12)17(22)20-15-5-8-21(9-6-15)18(23)14-4-3-7-19-11-14;/h10,14-15,19H,3-9,11H2,1-2H3,(H,20,22);1H. The summed E-state index contributed by atoms with van der Waals surface area (Å²) in [4.78, 5) is 26.9. The normalized spacial score (nSPS) is 21.5. The molecule has 0 radical (unpaired) electrons. The number of carbonyl (C=O) groups excluding carboxylic acids is 2. The van der Waals surface area contributed by atoms with Crippen LogP contribution in [-0.4, -0.2) is 48.9 Å². The van der Waals surface area contributed by atoms with Gasteiger partial charge in [-0.05, 0) is 52.1 Å². The molecule has 6 nitrogen and oxygen atoms in total. The number of carbonyl (C=O) groups is 2. The van der Waals surface area contributed by atoms with E-state index in [-0.39, 0.29) is 36.2 Å². The molecule has 0 bridgehead atoms. The molecule has 1 atom stereocenters. The summed E-state index contributed by atoms with van der Waals surface area (Å²) >= 11 is 0. The zero-order valence-corrected chi connectivity index (χ0v) is 15.8. The van der Waals surface area contributed by atoms with Crippen LogP contribution in [0.15, 0.2) is 10.5 Å². The number of hydrogen-bond donors (Lipinski definition) is 2. The summed E-state index contributed by atoms with van der Waals surface area (Å²) in [5.74, 6) is 1.72. The number of rotatable bonds is 3. The third-order valence-corrected chi connectivity index (χ3v) is 5.07. The maximum atomic E-state index is 12.5. The van der Waals surface area contributed by atoms with Crippen molar-refractivity contribution in [3.63, 3.8) is 0 Å². The van der Waals surface area contributed by atoms with Gasteiger partial charge in [0.1, 0.15) is 11.5 Å². The highest BCUT2D eigenvalue weighted by atomic mass is 35.5. The number of nitrogens with one attached hydrogen (secondary N) is 2. The second-order valence-corrected chi connectivity index (χ2v) is 6.94. The van der Waals surface area contributed by atoms with Gasteiger partial charge in [-0.3, -0.25) is 9.59 Å². The van der Waals surface area contributed by atoms with Gasteiger partial charge in [0.15, 0.2) is 0 Å². The van der Waals surface area contributed by atoms with Crippen LogP contribution in [0, 0.1) is 19.8 Å².